The lowest BCUT2D eigenvalue weighted by Gasteiger charge is -2.24. The molecule has 18 heavy (non-hydrogen) atoms. The van der Waals surface area contributed by atoms with Gasteiger partial charge in [0.2, 0.25) is 0 Å². The Bertz CT molecular complexity index is 570. The Labute approximate surface area is 109 Å². The Kier molecular flexibility index (Phi) is 3.50. The molecule has 0 fully saturated rings. The average molecular weight is 271 g/mol. The fourth-order valence-corrected chi connectivity index (χ4v) is 2.03. The van der Waals surface area contributed by atoms with E-state index in [1.54, 1.807) is 18.3 Å². The van der Waals surface area contributed by atoms with Crippen LogP contribution in [0.2, 0.25) is 5.02 Å². The van der Waals surface area contributed by atoms with Crippen molar-refractivity contribution in [2.45, 2.75) is 25.3 Å². The van der Waals surface area contributed by atoms with E-state index in [0.29, 0.717) is 16.1 Å². The van der Waals surface area contributed by atoms with Crippen LogP contribution >= 0.6 is 11.6 Å². The molecular weight excluding hydrogens is 258 g/mol. The summed E-state index contributed by atoms with van der Waals surface area (Å²) in [6.45, 7) is 1.32. The van der Waals surface area contributed by atoms with Gasteiger partial charge in [0.05, 0.1) is 11.1 Å². The van der Waals surface area contributed by atoms with Crippen LogP contribution < -0.4 is 5.73 Å². The summed E-state index contributed by atoms with van der Waals surface area (Å²) in [4.78, 5) is 4.20. The van der Waals surface area contributed by atoms with E-state index in [2.05, 4.69) is 4.98 Å². The summed E-state index contributed by atoms with van der Waals surface area (Å²) in [7, 11) is 0. The molecule has 1 unspecified atom stereocenters. The summed E-state index contributed by atoms with van der Waals surface area (Å²) in [5, 5.41) is 1.28. The minimum Gasteiger partial charge on any atom is -0.320 e. The molecule has 0 bridgehead atoms. The topological polar surface area (TPSA) is 38.9 Å². The summed E-state index contributed by atoms with van der Waals surface area (Å²) in [5.41, 5.74) is 5.20. The molecule has 1 heterocycles. The second kappa shape index (κ2) is 4.78. The van der Waals surface area contributed by atoms with Crippen molar-refractivity contribution >= 4 is 22.5 Å². The van der Waals surface area contributed by atoms with E-state index in [1.807, 2.05) is 12.1 Å². The van der Waals surface area contributed by atoms with Crippen LogP contribution in [0.15, 0.2) is 30.5 Å². The summed E-state index contributed by atoms with van der Waals surface area (Å²) in [5.74, 6) is 0. The molecule has 0 radical (unpaired) electrons. The van der Waals surface area contributed by atoms with Crippen molar-refractivity contribution in [3.8, 4) is 0 Å². The second-order valence-electron chi connectivity index (χ2n) is 4.58. The fraction of sp³-hybridized carbons (Fsp3) is 0.308. The second-order valence-corrected chi connectivity index (χ2v) is 4.99. The van der Waals surface area contributed by atoms with Crippen LogP contribution in [0.25, 0.3) is 10.9 Å². The van der Waals surface area contributed by atoms with Crippen LogP contribution in [0.4, 0.5) is 8.78 Å². The number of nitrogens with two attached hydrogens (primary N) is 1. The lowest BCUT2D eigenvalue weighted by Crippen LogP contribution is -2.46. The highest BCUT2D eigenvalue weighted by Gasteiger charge is 2.32. The summed E-state index contributed by atoms with van der Waals surface area (Å²) < 4.78 is 25.7. The molecule has 1 aromatic heterocycles. The summed E-state index contributed by atoms with van der Waals surface area (Å²) >= 11 is 6.07. The van der Waals surface area contributed by atoms with E-state index >= 15 is 0 Å². The third-order valence-electron chi connectivity index (χ3n) is 2.88. The summed E-state index contributed by atoms with van der Waals surface area (Å²) in [6, 6.07) is 7.14. The van der Waals surface area contributed by atoms with Crippen LogP contribution in [0.3, 0.4) is 0 Å². The van der Waals surface area contributed by atoms with E-state index in [1.165, 1.54) is 6.92 Å². The molecule has 2 rings (SSSR count). The number of benzene rings is 1. The van der Waals surface area contributed by atoms with E-state index in [-0.39, 0.29) is 6.42 Å². The minimum absolute atomic E-state index is 0.0160. The number of hydrogen-bond acceptors (Lipinski definition) is 2. The third kappa shape index (κ3) is 2.44. The van der Waals surface area contributed by atoms with Gasteiger partial charge in [0.25, 0.3) is 6.43 Å². The number of hydrogen-bond donors (Lipinski definition) is 1. The smallest absolute Gasteiger partial charge is 0.256 e. The molecule has 0 amide bonds. The van der Waals surface area contributed by atoms with Gasteiger partial charge in [-0.2, -0.15) is 0 Å². The number of rotatable bonds is 3. The van der Waals surface area contributed by atoms with Gasteiger partial charge in [0.15, 0.2) is 0 Å². The van der Waals surface area contributed by atoms with Crippen molar-refractivity contribution in [2.75, 3.05) is 0 Å². The first kappa shape index (κ1) is 13.2. The van der Waals surface area contributed by atoms with Crippen molar-refractivity contribution in [2.24, 2.45) is 5.73 Å². The largest absolute Gasteiger partial charge is 0.320 e. The molecule has 0 aliphatic rings. The Hall–Kier alpha value is -1.26. The number of alkyl halides is 2. The first-order valence-corrected chi connectivity index (χ1v) is 5.89. The first-order chi connectivity index (χ1) is 8.42. The SMILES string of the molecule is CC(N)(Cc1c(Cl)ccc2cccnc12)C(F)F. The zero-order valence-corrected chi connectivity index (χ0v) is 10.6. The highest BCUT2D eigenvalue weighted by Crippen LogP contribution is 2.29. The van der Waals surface area contributed by atoms with Gasteiger partial charge in [-0.3, -0.25) is 4.98 Å². The molecule has 0 aliphatic heterocycles. The quantitative estimate of drug-likeness (QED) is 0.928. The van der Waals surface area contributed by atoms with Gasteiger partial charge in [0, 0.05) is 16.6 Å². The van der Waals surface area contributed by atoms with Crippen LogP contribution in [0.5, 0.6) is 0 Å². The highest BCUT2D eigenvalue weighted by atomic mass is 35.5. The van der Waals surface area contributed by atoms with Crippen molar-refractivity contribution < 1.29 is 8.78 Å². The third-order valence-corrected chi connectivity index (χ3v) is 3.23. The first-order valence-electron chi connectivity index (χ1n) is 5.51. The standard InChI is InChI=1S/C13H13ClF2N2/c1-13(17,12(15)16)7-9-10(14)5-4-8-3-2-6-18-11(8)9/h2-6,12H,7,17H2,1H3. The van der Waals surface area contributed by atoms with E-state index in [9.17, 15) is 8.78 Å². The Morgan fingerprint density at radius 3 is 2.78 bits per heavy atom. The molecule has 0 saturated heterocycles. The maximum Gasteiger partial charge on any atom is 0.256 e. The van der Waals surface area contributed by atoms with Crippen molar-refractivity contribution in [3.63, 3.8) is 0 Å². The molecule has 2 aromatic rings. The zero-order chi connectivity index (χ0) is 13.3. The molecule has 5 heteroatoms. The lowest BCUT2D eigenvalue weighted by molar-refractivity contribution is 0.0641. The van der Waals surface area contributed by atoms with Gasteiger partial charge in [-0.25, -0.2) is 8.78 Å². The van der Waals surface area contributed by atoms with Crippen LogP contribution in [0, 0.1) is 0 Å². The number of nitrogens with zero attached hydrogens (tertiary/aromatic N) is 1. The number of aromatic nitrogens is 1. The molecule has 1 aromatic carbocycles. The van der Waals surface area contributed by atoms with Crippen LogP contribution in [0.1, 0.15) is 12.5 Å². The van der Waals surface area contributed by atoms with Gasteiger partial charge in [-0.05, 0) is 31.0 Å². The van der Waals surface area contributed by atoms with Gasteiger partial charge in [-0.1, -0.05) is 23.7 Å². The normalized spacial score (nSPS) is 15.0. The molecule has 2 nitrogen and oxygen atoms in total. The lowest BCUT2D eigenvalue weighted by atomic mass is 9.93. The fourth-order valence-electron chi connectivity index (χ4n) is 1.81. The molecule has 0 spiro atoms. The predicted molar refractivity (Wildman–Crippen MR) is 69.1 cm³/mol. The van der Waals surface area contributed by atoms with Gasteiger partial charge in [-0.15, -0.1) is 0 Å². The van der Waals surface area contributed by atoms with Crippen molar-refractivity contribution in [1.82, 2.24) is 4.98 Å². The molecule has 0 saturated carbocycles. The Morgan fingerprint density at radius 2 is 2.11 bits per heavy atom. The van der Waals surface area contributed by atoms with Crippen LogP contribution in [-0.4, -0.2) is 16.9 Å². The Morgan fingerprint density at radius 1 is 1.39 bits per heavy atom. The highest BCUT2D eigenvalue weighted by molar-refractivity contribution is 6.32. The zero-order valence-electron chi connectivity index (χ0n) is 9.83. The van der Waals surface area contributed by atoms with E-state index in [0.717, 1.165) is 5.39 Å². The monoisotopic (exact) mass is 270 g/mol. The van der Waals surface area contributed by atoms with Gasteiger partial charge in [0.1, 0.15) is 0 Å². The van der Waals surface area contributed by atoms with Gasteiger partial charge < -0.3 is 5.73 Å². The van der Waals surface area contributed by atoms with E-state index in [4.69, 9.17) is 17.3 Å². The van der Waals surface area contributed by atoms with Crippen molar-refractivity contribution in [3.05, 3.63) is 41.0 Å². The maximum atomic E-state index is 12.8. The van der Waals surface area contributed by atoms with E-state index < -0.39 is 12.0 Å². The van der Waals surface area contributed by atoms with Gasteiger partial charge >= 0.3 is 0 Å². The maximum absolute atomic E-state index is 12.8. The molecule has 2 N–H and O–H groups in total. The molecule has 1 atom stereocenters. The molecule has 0 aliphatic carbocycles. The average Bonchev–Trinajstić information content (AvgIpc) is 2.32. The molecule has 96 valence electrons. The number of pyridine rings is 1. The van der Waals surface area contributed by atoms with Crippen LogP contribution in [-0.2, 0) is 6.42 Å². The number of fused-ring (bicyclic) bond motifs is 1. The Balaban J connectivity index is 2.53. The predicted octanol–water partition coefficient (Wildman–Crippen LogP) is 3.41. The van der Waals surface area contributed by atoms with Crippen molar-refractivity contribution in [1.29, 1.82) is 0 Å². The number of halogens is 3. The minimum atomic E-state index is -2.62. The molecular formula is C13H13ClF2N2. The summed E-state index contributed by atoms with van der Waals surface area (Å²) in [6.07, 6.45) is -1.02.